The van der Waals surface area contributed by atoms with E-state index in [0.29, 0.717) is 28.9 Å². The van der Waals surface area contributed by atoms with E-state index in [1.54, 1.807) is 49.4 Å². The largest absolute Gasteiger partial charge is 0.416 e. The topological polar surface area (TPSA) is 87.3 Å². The smallest absolute Gasteiger partial charge is 0.384 e. The summed E-state index contributed by atoms with van der Waals surface area (Å²) in [6.07, 6.45) is -3.35. The van der Waals surface area contributed by atoms with Crippen LogP contribution >= 0.6 is 0 Å². The average Bonchev–Trinajstić information content (AvgIpc) is 2.76. The van der Waals surface area contributed by atoms with Crippen LogP contribution in [0, 0.1) is 6.92 Å². The molecule has 10 heteroatoms. The molecule has 6 nitrogen and oxygen atoms in total. The van der Waals surface area contributed by atoms with Crippen LogP contribution < -0.4 is 15.4 Å². The summed E-state index contributed by atoms with van der Waals surface area (Å²) < 4.78 is 63.3. The lowest BCUT2D eigenvalue weighted by atomic mass is 9.94. The molecular weight excluding hydrogens is 467 g/mol. The summed E-state index contributed by atoms with van der Waals surface area (Å²) in [4.78, 5) is 13.0. The van der Waals surface area contributed by atoms with Crippen molar-refractivity contribution in [2.24, 2.45) is 0 Å². The maximum atomic E-state index is 13.0. The molecule has 0 saturated carbocycles. The summed E-state index contributed by atoms with van der Waals surface area (Å²) in [7, 11) is -3.25. The summed E-state index contributed by atoms with van der Waals surface area (Å²) in [6.45, 7) is 2.42. The normalized spacial score (nSPS) is 11.8. The number of carbonyl (C=O) groups is 1. The van der Waals surface area contributed by atoms with Crippen molar-refractivity contribution in [3.63, 3.8) is 0 Å². The minimum Gasteiger partial charge on any atom is -0.384 e. The first-order chi connectivity index (χ1) is 15.9. The number of amides is 1. The second kappa shape index (κ2) is 10.3. The summed E-state index contributed by atoms with van der Waals surface area (Å²) in [5.74, 6) is -0.392. The van der Waals surface area contributed by atoms with Gasteiger partial charge in [-0.25, -0.2) is 13.1 Å². The van der Waals surface area contributed by atoms with Crippen molar-refractivity contribution in [1.29, 1.82) is 0 Å². The van der Waals surface area contributed by atoms with E-state index in [2.05, 4.69) is 15.4 Å². The standard InChI is InChI=1S/C24H24F3N3O3S/c1-16-4-3-5-21(22(16)17-6-8-18(9-7-17)24(25,26)27)23(31)30-20-12-10-19(11-13-20)28-14-15-29-34(2,32)33/h3-13,28-29H,14-15H2,1-2H3,(H,30,31). The Morgan fingerprint density at radius 2 is 1.50 bits per heavy atom. The molecule has 0 aliphatic rings. The fourth-order valence-electron chi connectivity index (χ4n) is 3.38. The van der Waals surface area contributed by atoms with Crippen molar-refractivity contribution in [2.45, 2.75) is 13.1 Å². The highest BCUT2D eigenvalue weighted by Crippen LogP contribution is 2.33. The zero-order chi connectivity index (χ0) is 24.9. The van der Waals surface area contributed by atoms with Gasteiger partial charge in [0, 0.05) is 30.0 Å². The van der Waals surface area contributed by atoms with E-state index < -0.39 is 27.7 Å². The lowest BCUT2D eigenvalue weighted by molar-refractivity contribution is -0.137. The molecule has 0 aliphatic heterocycles. The second-order valence-electron chi connectivity index (χ2n) is 7.70. The highest BCUT2D eigenvalue weighted by atomic mass is 32.2. The van der Waals surface area contributed by atoms with Crippen LogP contribution in [0.1, 0.15) is 21.5 Å². The Hall–Kier alpha value is -3.37. The first-order valence-electron chi connectivity index (χ1n) is 10.3. The molecule has 3 aromatic rings. The molecule has 34 heavy (non-hydrogen) atoms. The Balaban J connectivity index is 1.73. The molecule has 0 atom stereocenters. The molecule has 0 aliphatic carbocycles. The van der Waals surface area contributed by atoms with Gasteiger partial charge in [0.05, 0.1) is 11.8 Å². The predicted molar refractivity (Wildman–Crippen MR) is 127 cm³/mol. The third-order valence-electron chi connectivity index (χ3n) is 4.98. The lowest BCUT2D eigenvalue weighted by Crippen LogP contribution is -2.27. The van der Waals surface area contributed by atoms with Gasteiger partial charge < -0.3 is 10.6 Å². The Morgan fingerprint density at radius 1 is 0.882 bits per heavy atom. The molecule has 3 N–H and O–H groups in total. The number of anilines is 2. The van der Waals surface area contributed by atoms with Crippen molar-refractivity contribution in [2.75, 3.05) is 30.0 Å². The summed E-state index contributed by atoms with van der Waals surface area (Å²) >= 11 is 0. The minimum absolute atomic E-state index is 0.234. The molecule has 0 unspecified atom stereocenters. The molecule has 0 bridgehead atoms. The van der Waals surface area contributed by atoms with Crippen LogP contribution in [0.3, 0.4) is 0 Å². The van der Waals surface area contributed by atoms with Gasteiger partial charge in [-0.2, -0.15) is 13.2 Å². The van der Waals surface area contributed by atoms with Crippen LogP contribution in [-0.2, 0) is 16.2 Å². The maximum Gasteiger partial charge on any atom is 0.416 e. The van der Waals surface area contributed by atoms with Gasteiger partial charge in [-0.1, -0.05) is 24.3 Å². The fraction of sp³-hybridized carbons (Fsp3) is 0.208. The third-order valence-corrected chi connectivity index (χ3v) is 5.71. The van der Waals surface area contributed by atoms with Gasteiger partial charge in [0.1, 0.15) is 0 Å². The van der Waals surface area contributed by atoms with Crippen molar-refractivity contribution < 1.29 is 26.4 Å². The number of halogens is 3. The SMILES string of the molecule is Cc1cccc(C(=O)Nc2ccc(NCCNS(C)(=O)=O)cc2)c1-c1ccc(C(F)(F)F)cc1. The van der Waals surface area contributed by atoms with Gasteiger partial charge in [0.25, 0.3) is 5.91 Å². The Labute approximate surface area is 196 Å². The van der Waals surface area contributed by atoms with Gasteiger partial charge in [0.2, 0.25) is 10.0 Å². The second-order valence-corrected chi connectivity index (χ2v) is 9.53. The van der Waals surface area contributed by atoms with Crippen LogP contribution in [-0.4, -0.2) is 33.7 Å². The van der Waals surface area contributed by atoms with E-state index in [9.17, 15) is 26.4 Å². The van der Waals surface area contributed by atoms with Gasteiger partial charge >= 0.3 is 6.18 Å². The fourth-order valence-corrected chi connectivity index (χ4v) is 3.85. The molecule has 0 spiro atoms. The van der Waals surface area contributed by atoms with E-state index >= 15 is 0 Å². The van der Waals surface area contributed by atoms with Crippen molar-refractivity contribution >= 4 is 27.3 Å². The number of benzene rings is 3. The van der Waals surface area contributed by atoms with Crippen LogP contribution in [0.25, 0.3) is 11.1 Å². The number of hydrogen-bond donors (Lipinski definition) is 3. The van der Waals surface area contributed by atoms with E-state index in [1.165, 1.54) is 12.1 Å². The number of nitrogens with one attached hydrogen (secondary N) is 3. The molecule has 0 radical (unpaired) electrons. The third kappa shape index (κ3) is 6.82. The predicted octanol–water partition coefficient (Wildman–Crippen LogP) is 4.89. The molecule has 0 aromatic heterocycles. The first-order valence-corrected chi connectivity index (χ1v) is 12.2. The van der Waals surface area contributed by atoms with Crippen molar-refractivity contribution in [3.8, 4) is 11.1 Å². The molecule has 3 aromatic carbocycles. The van der Waals surface area contributed by atoms with E-state index in [4.69, 9.17) is 0 Å². The monoisotopic (exact) mass is 491 g/mol. The summed E-state index contributed by atoms with van der Waals surface area (Å²) in [5.41, 5.74) is 2.70. The van der Waals surface area contributed by atoms with E-state index in [1.807, 2.05) is 0 Å². The Bertz CT molecular complexity index is 1260. The maximum absolute atomic E-state index is 13.0. The number of alkyl halides is 3. The van der Waals surface area contributed by atoms with E-state index in [-0.39, 0.29) is 6.54 Å². The highest BCUT2D eigenvalue weighted by Gasteiger charge is 2.30. The van der Waals surface area contributed by atoms with Gasteiger partial charge in [-0.3, -0.25) is 4.79 Å². The molecular formula is C24H24F3N3O3S. The quantitative estimate of drug-likeness (QED) is 0.392. The van der Waals surface area contributed by atoms with Crippen molar-refractivity contribution in [3.05, 3.63) is 83.4 Å². The van der Waals surface area contributed by atoms with Crippen LogP contribution in [0.4, 0.5) is 24.5 Å². The van der Waals surface area contributed by atoms with Crippen LogP contribution in [0.5, 0.6) is 0 Å². The average molecular weight is 492 g/mol. The summed E-state index contributed by atoms with van der Waals surface area (Å²) in [6, 6.07) is 16.7. The van der Waals surface area contributed by atoms with Crippen LogP contribution in [0.2, 0.25) is 0 Å². The highest BCUT2D eigenvalue weighted by molar-refractivity contribution is 7.88. The molecule has 0 saturated heterocycles. The summed E-state index contributed by atoms with van der Waals surface area (Å²) in [5, 5.41) is 5.87. The minimum atomic E-state index is -4.43. The number of aryl methyl sites for hydroxylation is 1. The van der Waals surface area contributed by atoms with Crippen LogP contribution in [0.15, 0.2) is 66.7 Å². The zero-order valence-electron chi connectivity index (χ0n) is 18.5. The Morgan fingerprint density at radius 3 is 2.09 bits per heavy atom. The molecule has 3 rings (SSSR count). The molecule has 180 valence electrons. The molecule has 1 amide bonds. The van der Waals surface area contributed by atoms with E-state index in [0.717, 1.165) is 29.6 Å². The zero-order valence-corrected chi connectivity index (χ0v) is 19.3. The van der Waals surface area contributed by atoms with Gasteiger partial charge in [-0.15, -0.1) is 0 Å². The van der Waals surface area contributed by atoms with Crippen molar-refractivity contribution in [1.82, 2.24) is 4.72 Å². The van der Waals surface area contributed by atoms with Gasteiger partial charge in [0.15, 0.2) is 0 Å². The number of sulfonamides is 1. The molecule has 0 fully saturated rings. The number of rotatable bonds is 8. The number of carbonyl (C=O) groups excluding carboxylic acids is 1. The Kier molecular flexibility index (Phi) is 7.63. The van der Waals surface area contributed by atoms with Gasteiger partial charge in [-0.05, 0) is 66.1 Å². The number of hydrogen-bond acceptors (Lipinski definition) is 4. The molecule has 0 heterocycles. The lowest BCUT2D eigenvalue weighted by Gasteiger charge is -2.15. The first kappa shape index (κ1) is 25.3.